The summed E-state index contributed by atoms with van der Waals surface area (Å²) in [7, 11) is 0. The highest BCUT2D eigenvalue weighted by Gasteiger charge is 1.90. The SMILES string of the molecule is CC#CCOc1ccc(O)cc1. The summed E-state index contributed by atoms with van der Waals surface area (Å²) in [5.74, 6) is 6.46. The van der Waals surface area contributed by atoms with Crippen molar-refractivity contribution in [2.75, 3.05) is 6.61 Å². The Kier molecular flexibility index (Phi) is 3.04. The fourth-order valence-electron chi connectivity index (χ4n) is 0.734. The van der Waals surface area contributed by atoms with E-state index in [1.807, 2.05) is 0 Å². The third-order valence-electron chi connectivity index (χ3n) is 1.32. The standard InChI is InChI=1S/C10H10O2/c1-2-3-8-12-10-6-4-9(11)5-7-10/h4-7,11H,8H2,1H3. The molecule has 1 rings (SSSR count). The van der Waals surface area contributed by atoms with Gasteiger partial charge in [0.25, 0.3) is 0 Å². The Hall–Kier alpha value is -1.62. The van der Waals surface area contributed by atoms with Crippen molar-refractivity contribution in [1.29, 1.82) is 0 Å². The molecule has 2 nitrogen and oxygen atoms in total. The second-order valence-electron chi connectivity index (χ2n) is 2.21. The van der Waals surface area contributed by atoms with Gasteiger partial charge in [-0.25, -0.2) is 0 Å². The third kappa shape index (κ3) is 2.55. The lowest BCUT2D eigenvalue weighted by Gasteiger charge is -2.00. The average molecular weight is 162 g/mol. The van der Waals surface area contributed by atoms with Gasteiger partial charge in [0.05, 0.1) is 0 Å². The quantitative estimate of drug-likeness (QED) is 0.672. The summed E-state index contributed by atoms with van der Waals surface area (Å²) >= 11 is 0. The molecule has 0 atom stereocenters. The van der Waals surface area contributed by atoms with E-state index in [1.54, 1.807) is 31.2 Å². The zero-order valence-electron chi connectivity index (χ0n) is 6.87. The van der Waals surface area contributed by atoms with E-state index in [1.165, 1.54) is 0 Å². The first-order valence-electron chi connectivity index (χ1n) is 3.64. The zero-order valence-corrected chi connectivity index (χ0v) is 6.87. The molecule has 0 fully saturated rings. The minimum absolute atomic E-state index is 0.240. The summed E-state index contributed by atoms with van der Waals surface area (Å²) in [6, 6.07) is 6.56. The molecule has 1 aromatic rings. The number of aromatic hydroxyl groups is 1. The molecule has 1 N–H and O–H groups in total. The monoisotopic (exact) mass is 162 g/mol. The van der Waals surface area contributed by atoms with E-state index in [9.17, 15) is 0 Å². The van der Waals surface area contributed by atoms with E-state index in [2.05, 4.69) is 11.8 Å². The highest BCUT2D eigenvalue weighted by molar-refractivity contribution is 5.30. The number of hydrogen-bond acceptors (Lipinski definition) is 2. The number of rotatable bonds is 2. The van der Waals surface area contributed by atoms with Gasteiger partial charge in [-0.05, 0) is 31.2 Å². The molecule has 0 radical (unpaired) electrons. The lowest BCUT2D eigenvalue weighted by Crippen LogP contribution is -1.92. The number of phenols is 1. The Morgan fingerprint density at radius 3 is 2.58 bits per heavy atom. The first-order valence-corrected chi connectivity index (χ1v) is 3.64. The summed E-state index contributed by atoms with van der Waals surface area (Å²) < 4.78 is 5.22. The van der Waals surface area contributed by atoms with Crippen LogP contribution in [0, 0.1) is 11.8 Å². The zero-order chi connectivity index (χ0) is 8.81. The molecule has 0 saturated heterocycles. The number of benzene rings is 1. The van der Waals surface area contributed by atoms with Crippen LogP contribution in [-0.2, 0) is 0 Å². The Labute approximate surface area is 71.8 Å². The molecule has 2 heteroatoms. The van der Waals surface area contributed by atoms with Crippen LogP contribution < -0.4 is 4.74 Å². The first-order chi connectivity index (χ1) is 5.83. The molecular weight excluding hydrogens is 152 g/mol. The van der Waals surface area contributed by atoms with E-state index in [4.69, 9.17) is 9.84 Å². The maximum absolute atomic E-state index is 8.94. The highest BCUT2D eigenvalue weighted by atomic mass is 16.5. The Bertz CT molecular complexity index is 290. The van der Waals surface area contributed by atoms with Gasteiger partial charge in [0, 0.05) is 0 Å². The van der Waals surface area contributed by atoms with Crippen LogP contribution in [-0.4, -0.2) is 11.7 Å². The van der Waals surface area contributed by atoms with Crippen molar-refractivity contribution in [2.45, 2.75) is 6.92 Å². The molecule has 0 bridgehead atoms. The minimum atomic E-state index is 0.240. The maximum Gasteiger partial charge on any atom is 0.149 e. The molecule has 0 aliphatic rings. The normalized spacial score (nSPS) is 8.42. The molecule has 0 unspecified atom stereocenters. The van der Waals surface area contributed by atoms with Crippen molar-refractivity contribution in [3.05, 3.63) is 24.3 Å². The van der Waals surface area contributed by atoms with Crippen molar-refractivity contribution in [1.82, 2.24) is 0 Å². The lowest BCUT2D eigenvalue weighted by molar-refractivity contribution is 0.369. The predicted octanol–water partition coefficient (Wildman–Crippen LogP) is 1.79. The highest BCUT2D eigenvalue weighted by Crippen LogP contribution is 2.15. The van der Waals surface area contributed by atoms with Crippen molar-refractivity contribution < 1.29 is 9.84 Å². The van der Waals surface area contributed by atoms with Crippen LogP contribution in [0.1, 0.15) is 6.92 Å². The van der Waals surface area contributed by atoms with Gasteiger partial charge >= 0.3 is 0 Å². The van der Waals surface area contributed by atoms with Crippen molar-refractivity contribution in [3.8, 4) is 23.3 Å². The lowest BCUT2D eigenvalue weighted by atomic mass is 10.3. The van der Waals surface area contributed by atoms with E-state index < -0.39 is 0 Å². The number of phenolic OH excluding ortho intramolecular Hbond substituents is 1. The molecular formula is C10H10O2. The summed E-state index contributed by atoms with van der Waals surface area (Å²) in [6.07, 6.45) is 0. The van der Waals surface area contributed by atoms with Crippen LogP contribution in [0.25, 0.3) is 0 Å². The van der Waals surface area contributed by atoms with Crippen LogP contribution in [0.2, 0.25) is 0 Å². The molecule has 62 valence electrons. The fraction of sp³-hybridized carbons (Fsp3) is 0.200. The first kappa shape index (κ1) is 8.48. The maximum atomic E-state index is 8.94. The van der Waals surface area contributed by atoms with E-state index in [0.717, 1.165) is 5.75 Å². The molecule has 0 aliphatic heterocycles. The topological polar surface area (TPSA) is 29.5 Å². The Morgan fingerprint density at radius 2 is 2.00 bits per heavy atom. The minimum Gasteiger partial charge on any atom is -0.508 e. The number of ether oxygens (including phenoxy) is 1. The van der Waals surface area contributed by atoms with Gasteiger partial charge in [-0.3, -0.25) is 0 Å². The van der Waals surface area contributed by atoms with Gasteiger partial charge < -0.3 is 9.84 Å². The third-order valence-corrected chi connectivity index (χ3v) is 1.32. The van der Waals surface area contributed by atoms with E-state index in [-0.39, 0.29) is 5.75 Å². The second-order valence-corrected chi connectivity index (χ2v) is 2.21. The largest absolute Gasteiger partial charge is 0.508 e. The molecule has 0 saturated carbocycles. The van der Waals surface area contributed by atoms with Gasteiger partial charge in [-0.2, -0.15) is 0 Å². The average Bonchev–Trinajstić information content (AvgIpc) is 2.09. The van der Waals surface area contributed by atoms with E-state index in [0.29, 0.717) is 6.61 Å². The van der Waals surface area contributed by atoms with Crippen LogP contribution in [0.3, 0.4) is 0 Å². The predicted molar refractivity (Wildman–Crippen MR) is 47.1 cm³/mol. The molecule has 12 heavy (non-hydrogen) atoms. The van der Waals surface area contributed by atoms with Gasteiger partial charge in [0.2, 0.25) is 0 Å². The van der Waals surface area contributed by atoms with Crippen molar-refractivity contribution in [3.63, 3.8) is 0 Å². The summed E-state index contributed by atoms with van der Waals surface area (Å²) in [4.78, 5) is 0. The smallest absolute Gasteiger partial charge is 0.149 e. The Morgan fingerprint density at radius 1 is 1.33 bits per heavy atom. The Balaban J connectivity index is 2.51. The van der Waals surface area contributed by atoms with E-state index >= 15 is 0 Å². The molecule has 0 aliphatic carbocycles. The van der Waals surface area contributed by atoms with Crippen molar-refractivity contribution in [2.24, 2.45) is 0 Å². The van der Waals surface area contributed by atoms with Crippen LogP contribution in [0.15, 0.2) is 24.3 Å². The summed E-state index contributed by atoms with van der Waals surface area (Å²) in [5, 5.41) is 8.94. The molecule has 1 aromatic carbocycles. The molecule has 0 aromatic heterocycles. The summed E-state index contributed by atoms with van der Waals surface area (Å²) in [5.41, 5.74) is 0. The van der Waals surface area contributed by atoms with Crippen LogP contribution in [0.5, 0.6) is 11.5 Å². The van der Waals surface area contributed by atoms with Gasteiger partial charge in [-0.1, -0.05) is 5.92 Å². The van der Waals surface area contributed by atoms with Gasteiger partial charge in [0.15, 0.2) is 0 Å². The van der Waals surface area contributed by atoms with Gasteiger partial charge in [0.1, 0.15) is 18.1 Å². The molecule has 0 amide bonds. The van der Waals surface area contributed by atoms with Crippen LogP contribution in [0.4, 0.5) is 0 Å². The van der Waals surface area contributed by atoms with Crippen molar-refractivity contribution >= 4 is 0 Å². The van der Waals surface area contributed by atoms with Crippen LogP contribution >= 0.6 is 0 Å². The number of hydrogen-bond donors (Lipinski definition) is 1. The molecule has 0 heterocycles. The second kappa shape index (κ2) is 4.30. The fourth-order valence-corrected chi connectivity index (χ4v) is 0.734. The summed E-state index contributed by atoms with van der Waals surface area (Å²) in [6.45, 7) is 2.15. The van der Waals surface area contributed by atoms with Gasteiger partial charge in [-0.15, -0.1) is 5.92 Å². The molecule has 0 spiro atoms.